The molecule has 2 fully saturated rings. The predicted octanol–water partition coefficient (Wildman–Crippen LogP) is 1.80. The second-order valence-electron chi connectivity index (χ2n) is 6.75. The third-order valence-electron chi connectivity index (χ3n) is 5.14. The highest BCUT2D eigenvalue weighted by Gasteiger charge is 2.29. The van der Waals surface area contributed by atoms with Crippen molar-refractivity contribution in [1.29, 1.82) is 0 Å². The Morgan fingerprint density at radius 2 is 1.96 bits per heavy atom. The molecule has 122 valence electrons. The fraction of sp³-hybridized carbons (Fsp3) is 0.588. The quantitative estimate of drug-likeness (QED) is 0.936. The van der Waals surface area contributed by atoms with Crippen LogP contribution in [0.5, 0.6) is 0 Å². The van der Waals surface area contributed by atoms with Crippen molar-refractivity contribution < 1.29 is 0 Å². The SMILES string of the molecule is Cc1ccn(-c2ccc(N3CCCC(C4CCNC4)C3)nn2)n1. The molecular weight excluding hydrogens is 288 g/mol. The molecule has 0 spiro atoms. The van der Waals surface area contributed by atoms with Crippen LogP contribution < -0.4 is 10.2 Å². The van der Waals surface area contributed by atoms with E-state index in [-0.39, 0.29) is 0 Å². The zero-order valence-corrected chi connectivity index (χ0v) is 13.6. The van der Waals surface area contributed by atoms with Gasteiger partial charge in [0.2, 0.25) is 0 Å². The van der Waals surface area contributed by atoms with E-state index in [2.05, 4.69) is 31.6 Å². The van der Waals surface area contributed by atoms with Crippen molar-refractivity contribution in [3.05, 3.63) is 30.1 Å². The molecule has 0 bridgehead atoms. The van der Waals surface area contributed by atoms with Crippen molar-refractivity contribution in [3.8, 4) is 5.82 Å². The summed E-state index contributed by atoms with van der Waals surface area (Å²) in [6, 6.07) is 6.06. The normalized spacial score (nSPS) is 25.0. The fourth-order valence-corrected chi connectivity index (χ4v) is 3.83. The summed E-state index contributed by atoms with van der Waals surface area (Å²) in [7, 11) is 0. The van der Waals surface area contributed by atoms with E-state index in [1.165, 1.54) is 32.4 Å². The van der Waals surface area contributed by atoms with Crippen LogP contribution in [0.3, 0.4) is 0 Å². The maximum atomic E-state index is 4.45. The van der Waals surface area contributed by atoms with Crippen LogP contribution in [0.1, 0.15) is 25.0 Å². The van der Waals surface area contributed by atoms with Crippen LogP contribution in [0, 0.1) is 18.8 Å². The van der Waals surface area contributed by atoms with Crippen molar-refractivity contribution >= 4 is 5.82 Å². The second kappa shape index (κ2) is 6.28. The van der Waals surface area contributed by atoms with E-state index in [0.29, 0.717) is 0 Å². The topological polar surface area (TPSA) is 58.9 Å². The summed E-state index contributed by atoms with van der Waals surface area (Å²) in [5.74, 6) is 3.38. The van der Waals surface area contributed by atoms with Gasteiger partial charge in [-0.05, 0) is 69.3 Å². The molecule has 2 unspecified atom stereocenters. The van der Waals surface area contributed by atoms with Gasteiger partial charge in [-0.3, -0.25) is 0 Å². The summed E-state index contributed by atoms with van der Waals surface area (Å²) < 4.78 is 1.77. The van der Waals surface area contributed by atoms with E-state index in [0.717, 1.165) is 42.3 Å². The highest BCUT2D eigenvalue weighted by molar-refractivity contribution is 5.40. The molecule has 2 aromatic heterocycles. The number of piperidine rings is 1. The summed E-state index contributed by atoms with van der Waals surface area (Å²) >= 11 is 0. The van der Waals surface area contributed by atoms with Gasteiger partial charge in [0.25, 0.3) is 0 Å². The third kappa shape index (κ3) is 3.08. The van der Waals surface area contributed by atoms with Gasteiger partial charge in [0.1, 0.15) is 0 Å². The molecule has 0 amide bonds. The number of anilines is 1. The molecule has 23 heavy (non-hydrogen) atoms. The fourth-order valence-electron chi connectivity index (χ4n) is 3.83. The molecule has 4 heterocycles. The molecule has 0 radical (unpaired) electrons. The lowest BCUT2D eigenvalue weighted by atomic mass is 9.85. The molecule has 2 aliphatic rings. The molecular formula is C17H24N6. The van der Waals surface area contributed by atoms with E-state index in [1.54, 1.807) is 4.68 Å². The largest absolute Gasteiger partial charge is 0.355 e. The highest BCUT2D eigenvalue weighted by Crippen LogP contribution is 2.29. The van der Waals surface area contributed by atoms with Gasteiger partial charge < -0.3 is 10.2 Å². The first-order valence-electron chi connectivity index (χ1n) is 8.61. The molecule has 0 aromatic carbocycles. The van der Waals surface area contributed by atoms with Crippen LogP contribution in [-0.4, -0.2) is 46.2 Å². The van der Waals surface area contributed by atoms with Crippen LogP contribution in [0.15, 0.2) is 24.4 Å². The number of hydrogen-bond donors (Lipinski definition) is 1. The zero-order chi connectivity index (χ0) is 15.6. The Morgan fingerprint density at radius 3 is 2.65 bits per heavy atom. The van der Waals surface area contributed by atoms with Crippen LogP contribution in [-0.2, 0) is 0 Å². The second-order valence-corrected chi connectivity index (χ2v) is 6.75. The number of aryl methyl sites for hydroxylation is 1. The maximum Gasteiger partial charge on any atom is 0.175 e. The van der Waals surface area contributed by atoms with Crippen molar-refractivity contribution in [2.24, 2.45) is 11.8 Å². The van der Waals surface area contributed by atoms with Crippen LogP contribution in [0.2, 0.25) is 0 Å². The lowest BCUT2D eigenvalue weighted by Gasteiger charge is -2.36. The van der Waals surface area contributed by atoms with Gasteiger partial charge >= 0.3 is 0 Å². The summed E-state index contributed by atoms with van der Waals surface area (Å²) in [5, 5.41) is 16.7. The Balaban J connectivity index is 1.46. The molecule has 2 aromatic rings. The number of aromatic nitrogens is 4. The highest BCUT2D eigenvalue weighted by atomic mass is 15.4. The first-order chi connectivity index (χ1) is 11.3. The monoisotopic (exact) mass is 312 g/mol. The lowest BCUT2D eigenvalue weighted by molar-refractivity contribution is 0.301. The molecule has 1 N–H and O–H groups in total. The summed E-state index contributed by atoms with van der Waals surface area (Å²) in [6.07, 6.45) is 5.84. The Labute approximate surface area is 136 Å². The first kappa shape index (κ1) is 14.6. The van der Waals surface area contributed by atoms with E-state index in [9.17, 15) is 0 Å². The van der Waals surface area contributed by atoms with Crippen molar-refractivity contribution in [2.45, 2.75) is 26.2 Å². The Kier molecular flexibility index (Phi) is 3.99. The van der Waals surface area contributed by atoms with Gasteiger partial charge in [-0.25, -0.2) is 4.68 Å². The Hall–Kier alpha value is -1.95. The lowest BCUT2D eigenvalue weighted by Crippen LogP contribution is -2.39. The smallest absolute Gasteiger partial charge is 0.175 e. The minimum atomic E-state index is 0.774. The Morgan fingerprint density at radius 1 is 1.09 bits per heavy atom. The van der Waals surface area contributed by atoms with Crippen molar-refractivity contribution in [1.82, 2.24) is 25.3 Å². The van der Waals surface area contributed by atoms with Gasteiger partial charge in [-0.2, -0.15) is 5.10 Å². The van der Waals surface area contributed by atoms with Crippen LogP contribution >= 0.6 is 0 Å². The zero-order valence-electron chi connectivity index (χ0n) is 13.6. The van der Waals surface area contributed by atoms with Crippen LogP contribution in [0.25, 0.3) is 5.82 Å². The minimum Gasteiger partial charge on any atom is -0.355 e. The molecule has 2 aliphatic heterocycles. The van der Waals surface area contributed by atoms with E-state index < -0.39 is 0 Å². The number of rotatable bonds is 3. The Bertz CT molecular complexity index is 643. The van der Waals surface area contributed by atoms with Crippen molar-refractivity contribution in [2.75, 3.05) is 31.1 Å². The van der Waals surface area contributed by atoms with Gasteiger partial charge in [0, 0.05) is 19.3 Å². The van der Waals surface area contributed by atoms with Gasteiger partial charge in [-0.1, -0.05) is 0 Å². The maximum absolute atomic E-state index is 4.45. The van der Waals surface area contributed by atoms with E-state index in [1.807, 2.05) is 25.3 Å². The molecule has 6 nitrogen and oxygen atoms in total. The number of nitrogens with zero attached hydrogens (tertiary/aromatic N) is 5. The average Bonchev–Trinajstić information content (AvgIpc) is 3.27. The molecule has 4 rings (SSSR count). The van der Waals surface area contributed by atoms with E-state index >= 15 is 0 Å². The van der Waals surface area contributed by atoms with Gasteiger partial charge in [0.15, 0.2) is 11.6 Å². The number of nitrogens with one attached hydrogen (secondary N) is 1. The van der Waals surface area contributed by atoms with Crippen LogP contribution in [0.4, 0.5) is 5.82 Å². The number of hydrogen-bond acceptors (Lipinski definition) is 5. The molecule has 2 atom stereocenters. The van der Waals surface area contributed by atoms with E-state index in [4.69, 9.17) is 0 Å². The first-order valence-corrected chi connectivity index (χ1v) is 8.61. The average molecular weight is 312 g/mol. The predicted molar refractivity (Wildman–Crippen MR) is 89.8 cm³/mol. The molecule has 2 saturated heterocycles. The molecule has 6 heteroatoms. The van der Waals surface area contributed by atoms with Gasteiger partial charge in [0.05, 0.1) is 5.69 Å². The summed E-state index contributed by atoms with van der Waals surface area (Å²) in [5.41, 5.74) is 0.986. The molecule has 0 saturated carbocycles. The summed E-state index contributed by atoms with van der Waals surface area (Å²) in [6.45, 7) is 6.54. The van der Waals surface area contributed by atoms with Gasteiger partial charge in [-0.15, -0.1) is 10.2 Å². The summed E-state index contributed by atoms with van der Waals surface area (Å²) in [4.78, 5) is 2.40. The molecule has 0 aliphatic carbocycles. The standard InChI is InChI=1S/C17H24N6/c1-13-7-10-23(21-13)17-5-4-16(19-20-17)22-9-2-3-15(12-22)14-6-8-18-11-14/h4-5,7,10,14-15,18H,2-3,6,8-9,11-12H2,1H3. The third-order valence-corrected chi connectivity index (χ3v) is 5.14. The van der Waals surface area contributed by atoms with Crippen molar-refractivity contribution in [3.63, 3.8) is 0 Å². The minimum absolute atomic E-state index is 0.774.